The normalized spacial score (nSPS) is 13.8. The molecule has 0 radical (unpaired) electrons. The first-order valence-electron chi connectivity index (χ1n) is 12.2. The highest BCUT2D eigenvalue weighted by molar-refractivity contribution is 6.04. The molecule has 10 heteroatoms. The van der Waals surface area contributed by atoms with E-state index in [1.807, 2.05) is 44.4 Å². The predicted molar refractivity (Wildman–Crippen MR) is 140 cm³/mol. The summed E-state index contributed by atoms with van der Waals surface area (Å²) in [5, 5.41) is 0. The molecule has 1 aliphatic rings. The maximum absolute atomic E-state index is 13.6. The molecule has 0 aliphatic carbocycles. The molecule has 0 fully saturated rings. The van der Waals surface area contributed by atoms with E-state index >= 15 is 0 Å². The smallest absolute Gasteiger partial charge is 0.420 e. The number of rotatable bonds is 8. The third-order valence-electron chi connectivity index (χ3n) is 6.50. The van der Waals surface area contributed by atoms with E-state index in [0.29, 0.717) is 23.6 Å². The molecule has 38 heavy (non-hydrogen) atoms. The number of ether oxygens (including phenoxy) is 2. The number of pyridine rings is 1. The number of carbonyl (C=O) groups is 1. The van der Waals surface area contributed by atoms with Crippen molar-refractivity contribution in [3.05, 3.63) is 77.5 Å². The summed E-state index contributed by atoms with van der Waals surface area (Å²) in [5.74, 6) is 0.161. The van der Waals surface area contributed by atoms with E-state index < -0.39 is 17.8 Å². The Hall–Kier alpha value is -3.79. The Morgan fingerprint density at radius 1 is 1.11 bits per heavy atom. The van der Waals surface area contributed by atoms with E-state index in [9.17, 15) is 18.0 Å². The van der Waals surface area contributed by atoms with Crippen LogP contribution in [0.4, 0.5) is 29.3 Å². The average Bonchev–Trinajstić information content (AvgIpc) is 3.32. The Kier molecular flexibility index (Phi) is 8.11. The number of halogens is 3. The van der Waals surface area contributed by atoms with Crippen LogP contribution in [0.25, 0.3) is 0 Å². The molecule has 2 amide bonds. The lowest BCUT2D eigenvalue weighted by molar-refractivity contribution is -0.138. The van der Waals surface area contributed by atoms with Gasteiger partial charge in [0.05, 0.1) is 24.6 Å². The zero-order valence-corrected chi connectivity index (χ0v) is 21.8. The molecular formula is C28H31F3N4O3. The highest BCUT2D eigenvalue weighted by atomic mass is 19.4. The van der Waals surface area contributed by atoms with Crippen LogP contribution in [-0.4, -0.2) is 57.3 Å². The molecule has 1 atom stereocenters. The van der Waals surface area contributed by atoms with Gasteiger partial charge in [0.15, 0.2) is 0 Å². The van der Waals surface area contributed by atoms with E-state index in [2.05, 4.69) is 9.88 Å². The number of benzene rings is 2. The quantitative estimate of drug-likeness (QED) is 0.370. The first kappa shape index (κ1) is 27.3. The zero-order chi connectivity index (χ0) is 27.4. The molecule has 7 nitrogen and oxygen atoms in total. The van der Waals surface area contributed by atoms with E-state index in [1.165, 1.54) is 29.2 Å². The maximum Gasteiger partial charge on any atom is 0.420 e. The van der Waals surface area contributed by atoms with Gasteiger partial charge in [0.25, 0.3) is 0 Å². The van der Waals surface area contributed by atoms with Gasteiger partial charge < -0.3 is 14.4 Å². The number of hydrogen-bond donors (Lipinski definition) is 0. The molecule has 202 valence electrons. The number of hydrogen-bond acceptors (Lipinski definition) is 5. The van der Waals surface area contributed by atoms with Crippen LogP contribution in [-0.2, 0) is 12.6 Å². The van der Waals surface area contributed by atoms with Gasteiger partial charge >= 0.3 is 12.2 Å². The number of nitrogens with zero attached hydrogens (tertiary/aromatic N) is 4. The van der Waals surface area contributed by atoms with Crippen molar-refractivity contribution in [1.29, 1.82) is 0 Å². The number of amides is 2. The lowest BCUT2D eigenvalue weighted by Crippen LogP contribution is -2.40. The number of fused-ring (bicyclic) bond motifs is 1. The van der Waals surface area contributed by atoms with Gasteiger partial charge in [0, 0.05) is 38.3 Å². The summed E-state index contributed by atoms with van der Waals surface area (Å²) in [6, 6.07) is 15.2. The van der Waals surface area contributed by atoms with Gasteiger partial charge in [-0.25, -0.2) is 9.78 Å². The lowest BCUT2D eigenvalue weighted by Gasteiger charge is -2.26. The number of anilines is 2. The van der Waals surface area contributed by atoms with Crippen molar-refractivity contribution < 1.29 is 27.4 Å². The summed E-state index contributed by atoms with van der Waals surface area (Å²) in [4.78, 5) is 22.5. The SMILES string of the molecule is COc1cc2c(cc1C(F)(F)F)N(C(=O)N(C)c1ccc(OC(CCN(C)C)c3ccccc3)nc1)CC2. The largest absolute Gasteiger partial charge is 0.496 e. The van der Waals surface area contributed by atoms with Gasteiger partial charge in [-0.1, -0.05) is 30.3 Å². The monoisotopic (exact) mass is 528 g/mol. The second-order valence-corrected chi connectivity index (χ2v) is 9.39. The molecule has 1 unspecified atom stereocenters. The van der Waals surface area contributed by atoms with E-state index in [0.717, 1.165) is 24.6 Å². The molecule has 2 aromatic carbocycles. The number of carbonyl (C=O) groups excluding carboxylic acids is 1. The minimum Gasteiger partial charge on any atom is -0.496 e. The van der Waals surface area contributed by atoms with Crippen molar-refractivity contribution in [2.45, 2.75) is 25.1 Å². The summed E-state index contributed by atoms with van der Waals surface area (Å²) < 4.78 is 51.8. The number of alkyl halides is 3. The maximum atomic E-state index is 13.6. The highest BCUT2D eigenvalue weighted by Gasteiger charge is 2.38. The second kappa shape index (κ2) is 11.3. The molecule has 0 N–H and O–H groups in total. The number of methoxy groups -OCH3 is 1. The lowest BCUT2D eigenvalue weighted by atomic mass is 10.1. The summed E-state index contributed by atoms with van der Waals surface area (Å²) in [7, 11) is 6.77. The molecule has 4 rings (SSSR count). The van der Waals surface area contributed by atoms with E-state index in [1.54, 1.807) is 19.2 Å². The van der Waals surface area contributed by atoms with Crippen molar-refractivity contribution in [2.75, 3.05) is 51.1 Å². The van der Waals surface area contributed by atoms with Crippen molar-refractivity contribution in [3.8, 4) is 11.6 Å². The Bertz CT molecular complexity index is 1250. The number of aromatic nitrogens is 1. The van der Waals surface area contributed by atoms with Crippen LogP contribution < -0.4 is 19.3 Å². The summed E-state index contributed by atoms with van der Waals surface area (Å²) in [5.41, 5.74) is 1.48. The average molecular weight is 529 g/mol. The van der Waals surface area contributed by atoms with Gasteiger partial charge in [-0.05, 0) is 49.8 Å². The van der Waals surface area contributed by atoms with Crippen molar-refractivity contribution in [1.82, 2.24) is 9.88 Å². The molecule has 0 spiro atoms. The molecule has 0 saturated carbocycles. The molecule has 1 aliphatic heterocycles. The molecule has 0 bridgehead atoms. The van der Waals surface area contributed by atoms with Gasteiger partial charge in [-0.15, -0.1) is 0 Å². The summed E-state index contributed by atoms with van der Waals surface area (Å²) in [6.45, 7) is 1.09. The highest BCUT2D eigenvalue weighted by Crippen LogP contribution is 2.42. The van der Waals surface area contributed by atoms with Gasteiger partial charge in [-0.3, -0.25) is 9.80 Å². The Labute approximate surface area is 220 Å². The van der Waals surface area contributed by atoms with Crippen LogP contribution in [0.5, 0.6) is 11.6 Å². The van der Waals surface area contributed by atoms with Crippen LogP contribution >= 0.6 is 0 Å². The summed E-state index contributed by atoms with van der Waals surface area (Å²) in [6.07, 6.45) is -2.08. The molecule has 3 aromatic rings. The third kappa shape index (κ3) is 6.02. The van der Waals surface area contributed by atoms with Crippen molar-refractivity contribution in [2.24, 2.45) is 0 Å². The van der Waals surface area contributed by atoms with Crippen LogP contribution in [0, 0.1) is 0 Å². The van der Waals surface area contributed by atoms with Gasteiger partial charge in [-0.2, -0.15) is 13.2 Å². The topological polar surface area (TPSA) is 58.1 Å². The first-order valence-corrected chi connectivity index (χ1v) is 12.2. The Morgan fingerprint density at radius 3 is 2.45 bits per heavy atom. The predicted octanol–water partition coefficient (Wildman–Crippen LogP) is 5.80. The van der Waals surface area contributed by atoms with Crippen LogP contribution in [0.2, 0.25) is 0 Å². The third-order valence-corrected chi connectivity index (χ3v) is 6.50. The fourth-order valence-corrected chi connectivity index (χ4v) is 4.42. The fraction of sp³-hybridized carbons (Fsp3) is 0.357. The summed E-state index contributed by atoms with van der Waals surface area (Å²) >= 11 is 0. The first-order chi connectivity index (χ1) is 18.1. The van der Waals surface area contributed by atoms with Crippen LogP contribution in [0.3, 0.4) is 0 Å². The Morgan fingerprint density at radius 2 is 1.84 bits per heavy atom. The van der Waals surface area contributed by atoms with Crippen LogP contribution in [0.15, 0.2) is 60.8 Å². The standard InChI is InChI=1S/C28H31F3N4O3/c1-33(2)14-13-24(19-8-6-5-7-9-19)38-26-11-10-21(18-32-26)34(3)27(36)35-15-12-20-16-25(37-4)22(17-23(20)35)28(29,30)31/h5-11,16-18,24H,12-15H2,1-4H3. The molecular weight excluding hydrogens is 497 g/mol. The van der Waals surface area contributed by atoms with Crippen molar-refractivity contribution in [3.63, 3.8) is 0 Å². The van der Waals surface area contributed by atoms with Crippen LogP contribution in [0.1, 0.15) is 29.2 Å². The zero-order valence-electron chi connectivity index (χ0n) is 21.8. The minimum atomic E-state index is -4.60. The van der Waals surface area contributed by atoms with E-state index in [4.69, 9.17) is 9.47 Å². The second-order valence-electron chi connectivity index (χ2n) is 9.39. The van der Waals surface area contributed by atoms with Gasteiger partial charge in [0.1, 0.15) is 11.9 Å². The van der Waals surface area contributed by atoms with Crippen molar-refractivity contribution >= 4 is 17.4 Å². The fourth-order valence-electron chi connectivity index (χ4n) is 4.42. The molecule has 0 saturated heterocycles. The number of urea groups is 1. The van der Waals surface area contributed by atoms with E-state index in [-0.39, 0.29) is 24.1 Å². The molecule has 1 aromatic heterocycles. The molecule has 2 heterocycles. The van der Waals surface area contributed by atoms with Gasteiger partial charge in [0.2, 0.25) is 5.88 Å². The Balaban J connectivity index is 1.50. The minimum absolute atomic E-state index is 0.197.